The number of aliphatic hydroxyl groups excluding tert-OH is 1. The highest BCUT2D eigenvalue weighted by Crippen LogP contribution is 2.39. The highest BCUT2D eigenvalue weighted by Gasteiger charge is 2.39. The normalized spacial score (nSPS) is 13.4. The van der Waals surface area contributed by atoms with E-state index in [0.717, 1.165) is 39.3 Å². The molecule has 0 aliphatic carbocycles. The van der Waals surface area contributed by atoms with Gasteiger partial charge in [0.2, 0.25) is 8.32 Å². The maximum Gasteiger partial charge on any atom is 0.250 e. The van der Waals surface area contributed by atoms with Crippen LogP contribution in [0.5, 0.6) is 11.5 Å². The summed E-state index contributed by atoms with van der Waals surface area (Å²) >= 11 is 0. The Kier molecular flexibility index (Phi) is 8.01. The Balaban J connectivity index is 2.40. The van der Waals surface area contributed by atoms with Crippen LogP contribution >= 0.6 is 0 Å². The number of hydrogen-bond acceptors (Lipinski definition) is 4. The van der Waals surface area contributed by atoms with E-state index in [2.05, 4.69) is 59.8 Å². The Morgan fingerprint density at radius 1 is 1.00 bits per heavy atom. The van der Waals surface area contributed by atoms with Crippen molar-refractivity contribution in [2.24, 2.45) is 0 Å². The van der Waals surface area contributed by atoms with Crippen molar-refractivity contribution in [1.82, 2.24) is 0 Å². The molecule has 0 saturated heterocycles. The number of aliphatic hydroxyl groups is 1. The van der Waals surface area contributed by atoms with Gasteiger partial charge in [-0.15, -0.1) is 0 Å². The lowest BCUT2D eigenvalue weighted by atomic mass is 9.90. The lowest BCUT2D eigenvalue weighted by molar-refractivity contribution is 0.0502. The topological polar surface area (TPSA) is 47.9 Å². The second-order valence-corrected chi connectivity index (χ2v) is 15.0. The Labute approximate surface area is 189 Å². The number of rotatable bonds is 8. The zero-order valence-corrected chi connectivity index (χ0v) is 21.9. The lowest BCUT2D eigenvalue weighted by Crippen LogP contribution is -2.43. The number of benzene rings is 2. The third kappa shape index (κ3) is 5.91. The maximum absolute atomic E-state index is 11.3. The van der Waals surface area contributed by atoms with Crippen LogP contribution in [0.3, 0.4) is 0 Å². The molecule has 2 aromatic rings. The molecule has 0 amide bonds. The van der Waals surface area contributed by atoms with Crippen LogP contribution in [0.1, 0.15) is 74.5 Å². The van der Waals surface area contributed by atoms with Crippen LogP contribution in [-0.4, -0.2) is 27.3 Å². The molecular formula is C26H40O4Si. The van der Waals surface area contributed by atoms with E-state index in [-0.39, 0.29) is 17.7 Å². The van der Waals surface area contributed by atoms with Gasteiger partial charge in [0.25, 0.3) is 0 Å². The van der Waals surface area contributed by atoms with E-state index < -0.39 is 14.4 Å². The molecule has 5 heteroatoms. The number of methoxy groups -OCH3 is 1. The Morgan fingerprint density at radius 2 is 1.58 bits per heavy atom. The third-order valence-corrected chi connectivity index (χ3v) is 10.7. The van der Waals surface area contributed by atoms with Gasteiger partial charge in [-0.2, -0.15) is 0 Å². The summed E-state index contributed by atoms with van der Waals surface area (Å²) in [5, 5.41) is 11.4. The van der Waals surface area contributed by atoms with Gasteiger partial charge in [0, 0.05) is 7.11 Å². The molecule has 0 aromatic heterocycles. The van der Waals surface area contributed by atoms with Gasteiger partial charge in [0.1, 0.15) is 17.6 Å². The summed E-state index contributed by atoms with van der Waals surface area (Å²) in [4.78, 5) is 0. The third-order valence-electron chi connectivity index (χ3n) is 6.32. The zero-order chi connectivity index (χ0) is 23.6. The second kappa shape index (κ2) is 9.76. The van der Waals surface area contributed by atoms with E-state index >= 15 is 0 Å². The van der Waals surface area contributed by atoms with Crippen LogP contribution in [0.4, 0.5) is 0 Å². The van der Waals surface area contributed by atoms with Crippen LogP contribution in [0, 0.1) is 13.8 Å². The van der Waals surface area contributed by atoms with Crippen molar-refractivity contribution < 1.29 is 19.0 Å². The molecule has 0 aliphatic heterocycles. The van der Waals surface area contributed by atoms with Crippen LogP contribution < -0.4 is 9.16 Å². The van der Waals surface area contributed by atoms with E-state index in [1.54, 1.807) is 7.11 Å². The fraction of sp³-hybridized carbons (Fsp3) is 0.538. The average molecular weight is 445 g/mol. The summed E-state index contributed by atoms with van der Waals surface area (Å²) in [7, 11) is -0.316. The van der Waals surface area contributed by atoms with E-state index in [9.17, 15) is 5.11 Å². The minimum atomic E-state index is -1.92. The first kappa shape index (κ1) is 25.4. The van der Waals surface area contributed by atoms with Gasteiger partial charge in [0.15, 0.2) is 6.79 Å². The molecule has 0 aliphatic rings. The quantitative estimate of drug-likeness (QED) is 0.356. The molecule has 172 valence electrons. The SMILES string of the molecule is COCOc1ccc(C(O)c2c(C)cc(O[Si](C)(C)C(C)(C)C)cc2C)cc1C(C)C. The van der Waals surface area contributed by atoms with Crippen LogP contribution in [0.25, 0.3) is 0 Å². The molecule has 0 heterocycles. The van der Waals surface area contributed by atoms with Gasteiger partial charge in [0.05, 0.1) is 0 Å². The monoisotopic (exact) mass is 444 g/mol. The van der Waals surface area contributed by atoms with Crippen molar-refractivity contribution >= 4 is 8.32 Å². The van der Waals surface area contributed by atoms with Gasteiger partial charge in [-0.05, 0) is 90.0 Å². The second-order valence-electron chi connectivity index (χ2n) is 10.2. The number of ether oxygens (including phenoxy) is 2. The average Bonchev–Trinajstić information content (AvgIpc) is 2.64. The molecule has 1 unspecified atom stereocenters. The molecule has 0 spiro atoms. The van der Waals surface area contributed by atoms with Gasteiger partial charge in [-0.3, -0.25) is 0 Å². The van der Waals surface area contributed by atoms with Gasteiger partial charge in [-0.25, -0.2) is 0 Å². The predicted octanol–water partition coefficient (Wildman–Crippen LogP) is 6.88. The molecule has 2 aromatic carbocycles. The first-order valence-corrected chi connectivity index (χ1v) is 13.9. The summed E-state index contributed by atoms with van der Waals surface area (Å²) in [6.07, 6.45) is -0.712. The smallest absolute Gasteiger partial charge is 0.250 e. The summed E-state index contributed by atoms with van der Waals surface area (Å²) in [6, 6.07) is 10.0. The van der Waals surface area contributed by atoms with Crippen molar-refractivity contribution in [2.75, 3.05) is 13.9 Å². The molecule has 0 fully saturated rings. The molecule has 1 N–H and O–H groups in total. The molecule has 31 heavy (non-hydrogen) atoms. The van der Waals surface area contributed by atoms with E-state index in [1.807, 2.05) is 32.0 Å². The molecule has 4 nitrogen and oxygen atoms in total. The van der Waals surface area contributed by atoms with Crippen molar-refractivity contribution in [1.29, 1.82) is 0 Å². The van der Waals surface area contributed by atoms with Crippen molar-refractivity contribution in [3.8, 4) is 11.5 Å². The predicted molar refractivity (Wildman–Crippen MR) is 131 cm³/mol. The molecular weight excluding hydrogens is 404 g/mol. The summed E-state index contributed by atoms with van der Waals surface area (Å²) in [5.74, 6) is 1.95. The molecule has 1 atom stereocenters. The largest absolute Gasteiger partial charge is 0.543 e. The van der Waals surface area contributed by atoms with E-state index in [4.69, 9.17) is 13.9 Å². The van der Waals surface area contributed by atoms with Crippen molar-refractivity contribution in [3.63, 3.8) is 0 Å². The lowest BCUT2D eigenvalue weighted by Gasteiger charge is -2.36. The molecule has 0 radical (unpaired) electrons. The van der Waals surface area contributed by atoms with E-state index in [0.29, 0.717) is 0 Å². The number of hydrogen-bond donors (Lipinski definition) is 1. The molecule has 0 saturated carbocycles. The molecule has 2 rings (SSSR count). The fourth-order valence-corrected chi connectivity index (χ4v) is 4.49. The minimum Gasteiger partial charge on any atom is -0.543 e. The standard InChI is InChI=1S/C26H40O4Si/c1-17(2)22-15-20(11-12-23(22)29-16-28-8)25(27)24-18(3)13-21(14-19(24)4)30-31(9,10)26(5,6)7/h11-15,17,25,27H,16H2,1-10H3. The van der Waals surface area contributed by atoms with Gasteiger partial charge >= 0.3 is 0 Å². The highest BCUT2D eigenvalue weighted by molar-refractivity contribution is 6.74. The number of aryl methyl sites for hydroxylation is 2. The zero-order valence-electron chi connectivity index (χ0n) is 20.9. The summed E-state index contributed by atoms with van der Waals surface area (Å²) in [6.45, 7) is 19.8. The highest BCUT2D eigenvalue weighted by atomic mass is 28.4. The van der Waals surface area contributed by atoms with Gasteiger partial charge < -0.3 is 19.0 Å². The first-order valence-electron chi connectivity index (χ1n) is 11.0. The minimum absolute atomic E-state index is 0.132. The summed E-state index contributed by atoms with van der Waals surface area (Å²) < 4.78 is 17.3. The Bertz CT molecular complexity index is 874. The van der Waals surface area contributed by atoms with Crippen molar-refractivity contribution in [3.05, 3.63) is 58.1 Å². The Hall–Kier alpha value is -1.82. The van der Waals surface area contributed by atoms with Crippen LogP contribution in [0.15, 0.2) is 30.3 Å². The Morgan fingerprint density at radius 3 is 2.06 bits per heavy atom. The fourth-order valence-electron chi connectivity index (χ4n) is 3.48. The first-order chi connectivity index (χ1) is 14.3. The van der Waals surface area contributed by atoms with E-state index in [1.165, 1.54) is 0 Å². The maximum atomic E-state index is 11.3. The van der Waals surface area contributed by atoms with Gasteiger partial charge in [-0.1, -0.05) is 40.7 Å². The van der Waals surface area contributed by atoms with Crippen LogP contribution in [0.2, 0.25) is 18.1 Å². The van der Waals surface area contributed by atoms with Crippen LogP contribution in [-0.2, 0) is 4.74 Å². The van der Waals surface area contributed by atoms with Crippen molar-refractivity contribution in [2.45, 2.75) is 78.6 Å². The molecule has 0 bridgehead atoms. The summed E-state index contributed by atoms with van der Waals surface area (Å²) in [5.41, 5.74) is 4.92.